The summed E-state index contributed by atoms with van der Waals surface area (Å²) in [7, 11) is 0. The first-order valence-electron chi connectivity index (χ1n) is 10.4. The summed E-state index contributed by atoms with van der Waals surface area (Å²) in [5.74, 6) is 0.238. The second kappa shape index (κ2) is 8.07. The average Bonchev–Trinajstić information content (AvgIpc) is 3.23. The van der Waals surface area contributed by atoms with Crippen LogP contribution in [0.1, 0.15) is 45.2 Å². The number of carbonyl (C=O) groups is 1. The van der Waals surface area contributed by atoms with Crippen LogP contribution in [-0.4, -0.2) is 16.1 Å². The Kier molecular flexibility index (Phi) is 5.42. The third-order valence-corrected chi connectivity index (χ3v) is 5.14. The molecule has 4 aromatic rings. The average molecular weight is 432 g/mol. The van der Waals surface area contributed by atoms with Crippen molar-refractivity contribution in [3.8, 4) is 28.6 Å². The number of nitrogens with zero attached hydrogens (tertiary/aromatic N) is 2. The highest BCUT2D eigenvalue weighted by Gasteiger charge is 2.22. The number of aryl methyl sites for hydroxylation is 1. The van der Waals surface area contributed by atoms with Gasteiger partial charge in [0.15, 0.2) is 11.3 Å². The monoisotopic (exact) mass is 432 g/mol. The van der Waals surface area contributed by atoms with Crippen LogP contribution in [0.3, 0.4) is 0 Å². The minimum absolute atomic E-state index is 0.0597. The fraction of sp³-hybridized carbons (Fsp3) is 0.280. The Morgan fingerprint density at radius 3 is 2.47 bits per heavy atom. The Hall–Kier alpha value is -3.74. The Morgan fingerprint density at radius 1 is 1.09 bits per heavy atom. The van der Waals surface area contributed by atoms with Crippen molar-refractivity contribution in [1.82, 2.24) is 10.1 Å². The molecule has 0 saturated carbocycles. The molecular weight excluding hydrogens is 408 g/mol. The predicted octanol–water partition coefficient (Wildman–Crippen LogP) is 5.43. The number of hydrogen-bond donors (Lipinski definition) is 0. The Morgan fingerprint density at radius 2 is 1.81 bits per heavy atom. The van der Waals surface area contributed by atoms with Crippen LogP contribution in [0.4, 0.5) is 0 Å². The molecule has 0 aliphatic carbocycles. The van der Waals surface area contributed by atoms with Crippen molar-refractivity contribution in [2.75, 3.05) is 0 Å². The summed E-state index contributed by atoms with van der Waals surface area (Å²) in [6, 6.07) is 12.9. The van der Waals surface area contributed by atoms with Crippen molar-refractivity contribution in [3.05, 3.63) is 64.0 Å². The molecule has 0 unspecified atom stereocenters. The molecule has 32 heavy (non-hydrogen) atoms. The zero-order valence-corrected chi connectivity index (χ0v) is 18.7. The number of carbonyl (C=O) groups excluding carboxylic acids is 1. The molecule has 2 aromatic carbocycles. The van der Waals surface area contributed by atoms with Gasteiger partial charge < -0.3 is 13.7 Å². The molecule has 2 aromatic heterocycles. The van der Waals surface area contributed by atoms with Gasteiger partial charge in [-0.1, -0.05) is 62.7 Å². The van der Waals surface area contributed by atoms with Gasteiger partial charge in [0.2, 0.25) is 5.82 Å². The molecule has 7 heteroatoms. The van der Waals surface area contributed by atoms with Gasteiger partial charge in [0, 0.05) is 17.4 Å². The van der Waals surface area contributed by atoms with Crippen LogP contribution in [0.15, 0.2) is 56.2 Å². The summed E-state index contributed by atoms with van der Waals surface area (Å²) >= 11 is 0. The number of benzene rings is 2. The zero-order valence-electron chi connectivity index (χ0n) is 18.7. The SMILES string of the molecule is CCC(=O)Oc1cc(C(C)(C)C)cc2cc(-c3nc(-c4ccc(C)cc4)no3)c(=O)oc12. The molecule has 0 amide bonds. The Bertz CT molecular complexity index is 1360. The van der Waals surface area contributed by atoms with E-state index in [0.29, 0.717) is 11.2 Å². The summed E-state index contributed by atoms with van der Waals surface area (Å²) in [5.41, 5.74) is 2.28. The lowest BCUT2D eigenvalue weighted by Crippen LogP contribution is -2.13. The van der Waals surface area contributed by atoms with E-state index in [9.17, 15) is 9.59 Å². The molecule has 4 rings (SSSR count). The topological polar surface area (TPSA) is 95.4 Å². The van der Waals surface area contributed by atoms with Crippen molar-refractivity contribution in [2.24, 2.45) is 0 Å². The van der Waals surface area contributed by atoms with Crippen molar-refractivity contribution < 1.29 is 18.5 Å². The van der Waals surface area contributed by atoms with Crippen molar-refractivity contribution in [2.45, 2.75) is 46.5 Å². The maximum Gasteiger partial charge on any atom is 0.349 e. The molecule has 2 heterocycles. The first kappa shape index (κ1) is 21.5. The van der Waals surface area contributed by atoms with Crippen LogP contribution in [0.5, 0.6) is 5.75 Å². The van der Waals surface area contributed by atoms with Crippen molar-refractivity contribution >= 4 is 16.9 Å². The molecule has 0 N–H and O–H groups in total. The Labute approximate surface area is 185 Å². The molecular formula is C25H24N2O5. The molecule has 164 valence electrons. The molecule has 0 radical (unpaired) electrons. The number of fused-ring (bicyclic) bond motifs is 1. The maximum atomic E-state index is 12.8. The van der Waals surface area contributed by atoms with Gasteiger partial charge in [0.05, 0.1) is 0 Å². The summed E-state index contributed by atoms with van der Waals surface area (Å²) in [6.07, 6.45) is 0.202. The Balaban J connectivity index is 1.85. The van der Waals surface area contributed by atoms with Crippen molar-refractivity contribution in [1.29, 1.82) is 0 Å². The van der Waals surface area contributed by atoms with Gasteiger partial charge in [-0.3, -0.25) is 4.79 Å². The van der Waals surface area contributed by atoms with Gasteiger partial charge in [-0.2, -0.15) is 4.98 Å². The first-order valence-corrected chi connectivity index (χ1v) is 10.4. The number of rotatable bonds is 4. The van der Waals surface area contributed by atoms with E-state index >= 15 is 0 Å². The van der Waals surface area contributed by atoms with E-state index in [1.807, 2.05) is 58.0 Å². The molecule has 0 bridgehead atoms. The predicted molar refractivity (Wildman–Crippen MR) is 121 cm³/mol. The highest BCUT2D eigenvalue weighted by atomic mass is 16.5. The summed E-state index contributed by atoms with van der Waals surface area (Å²) < 4.78 is 16.4. The van der Waals surface area contributed by atoms with Gasteiger partial charge in [-0.05, 0) is 36.1 Å². The number of aromatic nitrogens is 2. The first-order chi connectivity index (χ1) is 15.2. The van der Waals surface area contributed by atoms with Gasteiger partial charge in [-0.15, -0.1) is 0 Å². The van der Waals surface area contributed by atoms with Crippen LogP contribution in [0.25, 0.3) is 33.8 Å². The zero-order chi connectivity index (χ0) is 23.0. The molecule has 0 fully saturated rings. The van der Waals surface area contributed by atoms with Gasteiger partial charge in [-0.25, -0.2) is 4.79 Å². The molecule has 0 aliphatic heterocycles. The standard InChI is InChI=1S/C25H24N2O5/c1-6-20(28)30-19-13-17(25(3,4)5)11-16-12-18(24(29)31-21(16)19)23-26-22(27-32-23)15-9-7-14(2)8-10-15/h7-13H,6H2,1-5H3. The van der Waals surface area contributed by atoms with Gasteiger partial charge in [0.25, 0.3) is 5.89 Å². The minimum Gasteiger partial charge on any atom is -0.422 e. The summed E-state index contributed by atoms with van der Waals surface area (Å²) in [4.78, 5) is 29.1. The fourth-order valence-electron chi connectivity index (χ4n) is 3.21. The minimum atomic E-state index is -0.658. The van der Waals surface area contributed by atoms with E-state index in [1.54, 1.807) is 19.1 Å². The lowest BCUT2D eigenvalue weighted by molar-refractivity contribution is -0.133. The largest absolute Gasteiger partial charge is 0.422 e. The van der Waals surface area contributed by atoms with Crippen LogP contribution in [0.2, 0.25) is 0 Å². The van der Waals surface area contributed by atoms with Gasteiger partial charge in [0.1, 0.15) is 5.56 Å². The van der Waals surface area contributed by atoms with Gasteiger partial charge >= 0.3 is 11.6 Å². The van der Waals surface area contributed by atoms with E-state index in [0.717, 1.165) is 16.7 Å². The third kappa shape index (κ3) is 4.19. The van der Waals surface area contributed by atoms with E-state index in [4.69, 9.17) is 13.7 Å². The number of esters is 1. The molecule has 0 saturated heterocycles. The lowest BCUT2D eigenvalue weighted by atomic mass is 9.86. The van der Waals surface area contributed by atoms with Crippen LogP contribution >= 0.6 is 0 Å². The van der Waals surface area contributed by atoms with E-state index in [2.05, 4.69) is 10.1 Å². The molecule has 0 aliphatic rings. The normalized spacial score (nSPS) is 11.7. The highest BCUT2D eigenvalue weighted by molar-refractivity contribution is 5.88. The third-order valence-electron chi connectivity index (χ3n) is 5.14. The second-order valence-corrected chi connectivity index (χ2v) is 8.71. The summed E-state index contributed by atoms with van der Waals surface area (Å²) in [5, 5.41) is 4.60. The molecule has 0 atom stereocenters. The van der Waals surface area contributed by atoms with E-state index in [1.165, 1.54) is 0 Å². The van der Waals surface area contributed by atoms with Crippen LogP contribution in [-0.2, 0) is 10.2 Å². The van der Waals surface area contributed by atoms with Crippen LogP contribution < -0.4 is 10.4 Å². The molecule has 7 nitrogen and oxygen atoms in total. The lowest BCUT2D eigenvalue weighted by Gasteiger charge is -2.20. The maximum absolute atomic E-state index is 12.8. The number of hydrogen-bond acceptors (Lipinski definition) is 7. The van der Waals surface area contributed by atoms with Crippen LogP contribution in [0, 0.1) is 6.92 Å². The van der Waals surface area contributed by atoms with E-state index in [-0.39, 0.29) is 34.6 Å². The number of ether oxygens (including phenoxy) is 1. The molecule has 0 spiro atoms. The van der Waals surface area contributed by atoms with Crippen molar-refractivity contribution in [3.63, 3.8) is 0 Å². The van der Waals surface area contributed by atoms with E-state index < -0.39 is 11.6 Å². The summed E-state index contributed by atoms with van der Waals surface area (Å²) in [6.45, 7) is 9.83. The smallest absolute Gasteiger partial charge is 0.349 e. The second-order valence-electron chi connectivity index (χ2n) is 8.71. The quantitative estimate of drug-likeness (QED) is 0.241. The fourth-order valence-corrected chi connectivity index (χ4v) is 3.21. The highest BCUT2D eigenvalue weighted by Crippen LogP contribution is 2.34.